The van der Waals surface area contributed by atoms with Gasteiger partial charge in [0.2, 0.25) is 0 Å². The predicted molar refractivity (Wildman–Crippen MR) is 111 cm³/mol. The monoisotopic (exact) mass is 444 g/mol. The molecule has 2 rings (SSSR count). The van der Waals surface area contributed by atoms with E-state index in [-0.39, 0.29) is 23.1 Å². The first kappa shape index (κ1) is 22.5. The van der Waals surface area contributed by atoms with E-state index in [1.165, 1.54) is 12.3 Å². The van der Waals surface area contributed by atoms with Gasteiger partial charge in [-0.1, -0.05) is 23.2 Å². The van der Waals surface area contributed by atoms with Crippen molar-refractivity contribution in [1.82, 2.24) is 9.80 Å². The van der Waals surface area contributed by atoms with Crippen LogP contribution < -0.4 is 5.32 Å². The van der Waals surface area contributed by atoms with Crippen LogP contribution in [0.3, 0.4) is 0 Å². The number of nitriles is 1. The second-order valence-electron chi connectivity index (χ2n) is 6.83. The van der Waals surface area contributed by atoms with Crippen molar-refractivity contribution in [3.63, 3.8) is 0 Å². The Kier molecular flexibility index (Phi) is 7.72. The van der Waals surface area contributed by atoms with Crippen LogP contribution >= 0.6 is 23.2 Å². The van der Waals surface area contributed by atoms with Crippen molar-refractivity contribution in [3.8, 4) is 6.07 Å². The summed E-state index contributed by atoms with van der Waals surface area (Å²) >= 11 is 12.0. The number of nitrogens with zero attached hydrogens (tertiary/aromatic N) is 3. The number of carbonyl (C=O) groups excluding carboxylic acids is 1. The molecule has 1 heterocycles. The summed E-state index contributed by atoms with van der Waals surface area (Å²) in [6.07, 6.45) is 1.90. The summed E-state index contributed by atoms with van der Waals surface area (Å²) in [7, 11) is 0.690. The number of benzene rings is 1. The predicted octanol–water partition coefficient (Wildman–Crippen LogP) is 2.39. The summed E-state index contributed by atoms with van der Waals surface area (Å²) in [6.45, 7) is 1.14. The van der Waals surface area contributed by atoms with E-state index >= 15 is 0 Å². The van der Waals surface area contributed by atoms with Crippen LogP contribution in [0.25, 0.3) is 0 Å². The van der Waals surface area contributed by atoms with Crippen molar-refractivity contribution < 1.29 is 13.2 Å². The van der Waals surface area contributed by atoms with Crippen LogP contribution in [0, 0.1) is 11.3 Å². The number of hydrogen-bond acceptors (Lipinski definition) is 6. The largest absolute Gasteiger partial charge is 0.371 e. The molecule has 1 unspecified atom stereocenters. The molecule has 1 aromatic carbocycles. The fraction of sp³-hybridized carbons (Fsp3) is 0.444. The van der Waals surface area contributed by atoms with Crippen molar-refractivity contribution in [2.45, 2.75) is 12.5 Å². The lowest BCUT2D eigenvalue weighted by atomic mass is 10.2. The van der Waals surface area contributed by atoms with E-state index in [2.05, 4.69) is 5.32 Å². The normalized spacial score (nSPS) is 18.7. The Hall–Kier alpha value is -1.79. The van der Waals surface area contributed by atoms with Crippen LogP contribution in [0.1, 0.15) is 6.42 Å². The van der Waals surface area contributed by atoms with Crippen molar-refractivity contribution in [2.75, 3.05) is 44.0 Å². The second-order valence-corrected chi connectivity index (χ2v) is 9.90. The number of likely N-dealkylation sites (N-methyl/N-ethyl adjacent to an activating group) is 1. The van der Waals surface area contributed by atoms with Crippen LogP contribution in [0.4, 0.5) is 5.69 Å². The van der Waals surface area contributed by atoms with Crippen LogP contribution in [0.5, 0.6) is 0 Å². The third-order valence-corrected chi connectivity index (χ3v) is 6.63. The van der Waals surface area contributed by atoms with Crippen LogP contribution in [0.2, 0.25) is 10.0 Å². The number of hydrogen-bond donors (Lipinski definition) is 1. The number of sulfone groups is 1. The van der Waals surface area contributed by atoms with E-state index in [4.69, 9.17) is 23.2 Å². The van der Waals surface area contributed by atoms with Gasteiger partial charge in [0.15, 0.2) is 9.84 Å². The molecule has 0 spiro atoms. The summed E-state index contributed by atoms with van der Waals surface area (Å²) in [5.74, 6) is -0.518. The quantitative estimate of drug-likeness (QED) is 0.512. The molecule has 1 saturated heterocycles. The maximum atomic E-state index is 12.6. The summed E-state index contributed by atoms with van der Waals surface area (Å²) in [5, 5.41) is 12.7. The number of anilines is 1. The van der Waals surface area contributed by atoms with Gasteiger partial charge < -0.3 is 15.1 Å². The molecule has 1 N–H and O–H groups in total. The van der Waals surface area contributed by atoms with Gasteiger partial charge in [0.25, 0.3) is 5.91 Å². The van der Waals surface area contributed by atoms with Gasteiger partial charge in [0, 0.05) is 30.4 Å². The highest BCUT2D eigenvalue weighted by Gasteiger charge is 2.31. The Balaban J connectivity index is 2.24. The SMILES string of the molecule is CN(C)CCN(/C=C(/C#N)C(=O)Nc1cc(Cl)ccc1Cl)C1CCS(=O)(=O)C1. The molecular formula is C18H22Cl2N4O3S. The molecule has 1 aliphatic rings. The number of amides is 1. The van der Waals surface area contributed by atoms with E-state index < -0.39 is 15.7 Å². The van der Waals surface area contributed by atoms with Crippen molar-refractivity contribution in [2.24, 2.45) is 0 Å². The van der Waals surface area contributed by atoms with E-state index in [1.54, 1.807) is 17.0 Å². The van der Waals surface area contributed by atoms with Gasteiger partial charge in [-0.25, -0.2) is 8.42 Å². The van der Waals surface area contributed by atoms with Gasteiger partial charge in [-0.2, -0.15) is 5.26 Å². The van der Waals surface area contributed by atoms with Gasteiger partial charge in [0.1, 0.15) is 11.6 Å². The lowest BCUT2D eigenvalue weighted by molar-refractivity contribution is -0.112. The Bertz CT molecular complexity index is 910. The molecule has 0 saturated carbocycles. The molecule has 10 heteroatoms. The summed E-state index contributed by atoms with van der Waals surface area (Å²) in [4.78, 5) is 16.3. The van der Waals surface area contributed by atoms with Gasteiger partial charge in [-0.3, -0.25) is 4.79 Å². The first-order valence-electron chi connectivity index (χ1n) is 8.60. The van der Waals surface area contributed by atoms with Gasteiger partial charge in [-0.05, 0) is 38.7 Å². The highest BCUT2D eigenvalue weighted by Crippen LogP contribution is 2.26. The Morgan fingerprint density at radius 2 is 2.07 bits per heavy atom. The van der Waals surface area contributed by atoms with Crippen LogP contribution in [0.15, 0.2) is 30.0 Å². The van der Waals surface area contributed by atoms with Gasteiger partial charge >= 0.3 is 0 Å². The average molecular weight is 445 g/mol. The molecule has 0 bridgehead atoms. The zero-order valence-electron chi connectivity index (χ0n) is 15.7. The number of rotatable bonds is 7. The second kappa shape index (κ2) is 9.61. The Labute approximate surface area is 175 Å². The lowest BCUT2D eigenvalue weighted by Crippen LogP contribution is -2.37. The molecule has 28 heavy (non-hydrogen) atoms. The van der Waals surface area contributed by atoms with E-state index in [9.17, 15) is 18.5 Å². The number of halogens is 2. The van der Waals surface area contributed by atoms with Gasteiger partial charge in [0.05, 0.1) is 22.2 Å². The molecule has 1 atom stereocenters. The highest BCUT2D eigenvalue weighted by atomic mass is 35.5. The molecule has 1 amide bonds. The van der Waals surface area contributed by atoms with E-state index in [0.29, 0.717) is 35.2 Å². The minimum Gasteiger partial charge on any atom is -0.371 e. The van der Waals surface area contributed by atoms with Crippen molar-refractivity contribution >= 4 is 44.6 Å². The summed E-state index contributed by atoms with van der Waals surface area (Å²) in [5.41, 5.74) is 0.155. The molecule has 1 fully saturated rings. The maximum absolute atomic E-state index is 12.6. The van der Waals surface area contributed by atoms with E-state index in [1.807, 2.05) is 25.1 Å². The zero-order valence-corrected chi connectivity index (χ0v) is 18.0. The Morgan fingerprint density at radius 1 is 1.36 bits per heavy atom. The standard InChI is InChI=1S/C18H22Cl2N4O3S/c1-23(2)6-7-24(15-5-8-28(26,27)12-15)11-13(10-21)18(25)22-17-9-14(19)3-4-16(17)20/h3-4,9,11,15H,5-8,12H2,1-2H3,(H,22,25)/b13-11-. The molecule has 0 aromatic heterocycles. The molecule has 1 aromatic rings. The third-order valence-electron chi connectivity index (χ3n) is 4.32. The highest BCUT2D eigenvalue weighted by molar-refractivity contribution is 7.91. The first-order chi connectivity index (χ1) is 13.1. The fourth-order valence-electron chi connectivity index (χ4n) is 2.79. The van der Waals surface area contributed by atoms with E-state index in [0.717, 1.165) is 0 Å². The summed E-state index contributed by atoms with van der Waals surface area (Å²) < 4.78 is 23.7. The number of carbonyl (C=O) groups is 1. The van der Waals surface area contributed by atoms with Gasteiger partial charge in [-0.15, -0.1) is 0 Å². The maximum Gasteiger partial charge on any atom is 0.267 e. The zero-order chi connectivity index (χ0) is 20.9. The third kappa shape index (κ3) is 6.38. The smallest absolute Gasteiger partial charge is 0.267 e. The van der Waals surface area contributed by atoms with Crippen LogP contribution in [-0.4, -0.2) is 68.9 Å². The molecule has 1 aliphatic heterocycles. The number of nitrogens with one attached hydrogen (secondary N) is 1. The summed E-state index contributed by atoms with van der Waals surface area (Å²) in [6, 6.07) is 6.24. The minimum absolute atomic E-state index is 0.0113. The molecule has 7 nitrogen and oxygen atoms in total. The topological polar surface area (TPSA) is 93.5 Å². The first-order valence-corrected chi connectivity index (χ1v) is 11.2. The van der Waals surface area contributed by atoms with Crippen molar-refractivity contribution in [3.05, 3.63) is 40.0 Å². The molecule has 0 radical (unpaired) electrons. The average Bonchev–Trinajstić information content (AvgIpc) is 2.97. The molecule has 0 aliphatic carbocycles. The lowest BCUT2D eigenvalue weighted by Gasteiger charge is -2.28. The molecule has 152 valence electrons. The Morgan fingerprint density at radius 3 is 2.64 bits per heavy atom. The van der Waals surface area contributed by atoms with Crippen molar-refractivity contribution in [1.29, 1.82) is 5.26 Å². The minimum atomic E-state index is -3.10. The molecular weight excluding hydrogens is 423 g/mol. The fourth-order valence-corrected chi connectivity index (χ4v) is 4.87. The van der Waals surface area contributed by atoms with Crippen LogP contribution in [-0.2, 0) is 14.6 Å².